The second kappa shape index (κ2) is 8.05. The molecular formula is C24H24N6O3S. The lowest BCUT2D eigenvalue weighted by molar-refractivity contribution is 0.493. The molecule has 0 amide bonds. The van der Waals surface area contributed by atoms with Gasteiger partial charge in [0.1, 0.15) is 11.8 Å². The van der Waals surface area contributed by atoms with Gasteiger partial charge in [-0.3, -0.25) is 0 Å². The van der Waals surface area contributed by atoms with Crippen LogP contribution in [-0.2, 0) is 16.3 Å². The fourth-order valence-electron chi connectivity index (χ4n) is 5.01. The van der Waals surface area contributed by atoms with Gasteiger partial charge >= 0.3 is 0 Å². The van der Waals surface area contributed by atoms with E-state index in [1.807, 2.05) is 18.4 Å². The molecule has 0 N–H and O–H groups in total. The van der Waals surface area contributed by atoms with Gasteiger partial charge in [-0.15, -0.1) is 0 Å². The van der Waals surface area contributed by atoms with Crippen molar-refractivity contribution in [1.82, 2.24) is 19.9 Å². The van der Waals surface area contributed by atoms with E-state index in [0.717, 1.165) is 66.4 Å². The maximum absolute atomic E-state index is 12.0. The first kappa shape index (κ1) is 21.0. The Balaban J connectivity index is 1.28. The van der Waals surface area contributed by atoms with Crippen LogP contribution in [-0.4, -0.2) is 54.2 Å². The van der Waals surface area contributed by atoms with Gasteiger partial charge in [0.05, 0.1) is 11.2 Å². The fraction of sp³-hybridized carbons (Fsp3) is 0.333. The number of anilines is 3. The standard InChI is InChI=1S/C24H24N6O3S/c1-34(31,32)18-3-4-20-17(13-18)7-12-30(20)23-22-21(27-15-28-23)19(14-33-22)16-5-10-29(11-6-16)24-25-8-2-9-26-24/h2-4,8-9,13-16H,5-7,10-12H2,1H3. The van der Waals surface area contributed by atoms with E-state index in [-0.39, 0.29) is 0 Å². The zero-order valence-electron chi connectivity index (χ0n) is 18.8. The predicted molar refractivity (Wildman–Crippen MR) is 128 cm³/mol. The first-order valence-corrected chi connectivity index (χ1v) is 13.2. The number of aromatic nitrogens is 4. The lowest BCUT2D eigenvalue weighted by Crippen LogP contribution is -2.34. The van der Waals surface area contributed by atoms with E-state index in [1.54, 1.807) is 30.9 Å². The summed E-state index contributed by atoms with van der Waals surface area (Å²) in [6.45, 7) is 2.46. The molecule has 10 heteroatoms. The molecule has 1 aromatic carbocycles. The lowest BCUT2D eigenvalue weighted by atomic mass is 9.90. The molecule has 0 bridgehead atoms. The summed E-state index contributed by atoms with van der Waals surface area (Å²) in [4.78, 5) is 22.5. The van der Waals surface area contributed by atoms with Gasteiger partial charge in [-0.2, -0.15) is 0 Å². The summed E-state index contributed by atoms with van der Waals surface area (Å²) < 4.78 is 30.0. The molecule has 9 nitrogen and oxygen atoms in total. The monoisotopic (exact) mass is 476 g/mol. The summed E-state index contributed by atoms with van der Waals surface area (Å²) >= 11 is 0. The third-order valence-corrected chi connectivity index (χ3v) is 7.87. The Morgan fingerprint density at radius 3 is 2.59 bits per heavy atom. The molecule has 0 spiro atoms. The number of benzene rings is 1. The quantitative estimate of drug-likeness (QED) is 0.437. The lowest BCUT2D eigenvalue weighted by Gasteiger charge is -2.31. The van der Waals surface area contributed by atoms with Crippen molar-refractivity contribution >= 4 is 38.4 Å². The molecule has 1 saturated heterocycles. The highest BCUT2D eigenvalue weighted by Gasteiger charge is 2.29. The molecule has 2 aliphatic heterocycles. The van der Waals surface area contributed by atoms with Crippen molar-refractivity contribution in [2.45, 2.75) is 30.1 Å². The maximum Gasteiger partial charge on any atom is 0.225 e. The molecule has 0 unspecified atom stereocenters. The minimum Gasteiger partial charge on any atom is -0.458 e. The molecule has 5 heterocycles. The minimum atomic E-state index is -3.25. The first-order valence-electron chi connectivity index (χ1n) is 11.3. The molecule has 0 atom stereocenters. The van der Waals surface area contributed by atoms with Gasteiger partial charge < -0.3 is 14.2 Å². The Bertz CT molecular complexity index is 1460. The number of hydrogen-bond acceptors (Lipinski definition) is 9. The molecule has 3 aromatic heterocycles. The van der Waals surface area contributed by atoms with Crippen LogP contribution in [0.1, 0.15) is 29.9 Å². The van der Waals surface area contributed by atoms with E-state index in [9.17, 15) is 8.42 Å². The van der Waals surface area contributed by atoms with Gasteiger partial charge in [0.15, 0.2) is 21.2 Å². The third-order valence-electron chi connectivity index (χ3n) is 6.76. The number of rotatable bonds is 4. The summed E-state index contributed by atoms with van der Waals surface area (Å²) in [6, 6.07) is 7.11. The van der Waals surface area contributed by atoms with Crippen molar-refractivity contribution < 1.29 is 12.8 Å². The molecule has 174 valence electrons. The average molecular weight is 477 g/mol. The maximum atomic E-state index is 12.0. The molecule has 1 fully saturated rings. The zero-order chi connectivity index (χ0) is 23.3. The summed E-state index contributed by atoms with van der Waals surface area (Å²) in [6.07, 6.45) is 10.9. The van der Waals surface area contributed by atoms with Gasteiger partial charge in [0, 0.05) is 49.5 Å². The van der Waals surface area contributed by atoms with Crippen LogP contribution in [0, 0.1) is 0 Å². The Hall–Kier alpha value is -3.53. The van der Waals surface area contributed by atoms with Crippen LogP contribution >= 0.6 is 0 Å². The number of sulfone groups is 1. The van der Waals surface area contributed by atoms with Gasteiger partial charge in [0.25, 0.3) is 0 Å². The first-order chi connectivity index (χ1) is 16.5. The number of furan rings is 1. The summed E-state index contributed by atoms with van der Waals surface area (Å²) in [5.41, 5.74) is 4.59. The third kappa shape index (κ3) is 3.58. The van der Waals surface area contributed by atoms with Crippen molar-refractivity contribution in [3.8, 4) is 0 Å². The highest BCUT2D eigenvalue weighted by atomic mass is 32.2. The van der Waals surface area contributed by atoms with E-state index < -0.39 is 9.84 Å². The Labute approximate surface area is 197 Å². The largest absolute Gasteiger partial charge is 0.458 e. The van der Waals surface area contributed by atoms with Gasteiger partial charge in [-0.1, -0.05) is 0 Å². The summed E-state index contributed by atoms with van der Waals surface area (Å²) in [5.74, 6) is 1.83. The van der Waals surface area contributed by atoms with Crippen LogP contribution in [0.3, 0.4) is 0 Å². The number of fused-ring (bicyclic) bond motifs is 2. The molecule has 34 heavy (non-hydrogen) atoms. The topological polar surface area (TPSA) is 105 Å². The Morgan fingerprint density at radius 2 is 1.82 bits per heavy atom. The molecule has 2 aliphatic rings. The normalized spacial score (nSPS) is 16.9. The van der Waals surface area contributed by atoms with Crippen molar-refractivity contribution in [1.29, 1.82) is 0 Å². The van der Waals surface area contributed by atoms with E-state index in [0.29, 0.717) is 22.9 Å². The highest BCUT2D eigenvalue weighted by Crippen LogP contribution is 2.41. The Morgan fingerprint density at radius 1 is 1.03 bits per heavy atom. The molecule has 6 rings (SSSR count). The van der Waals surface area contributed by atoms with Crippen LogP contribution in [0.4, 0.5) is 17.5 Å². The highest BCUT2D eigenvalue weighted by molar-refractivity contribution is 7.90. The molecular weight excluding hydrogens is 452 g/mol. The van der Waals surface area contributed by atoms with Crippen molar-refractivity contribution in [3.05, 3.63) is 60.4 Å². The smallest absolute Gasteiger partial charge is 0.225 e. The van der Waals surface area contributed by atoms with E-state index in [4.69, 9.17) is 4.42 Å². The summed E-state index contributed by atoms with van der Waals surface area (Å²) in [5, 5.41) is 0. The number of nitrogens with zero attached hydrogens (tertiary/aromatic N) is 6. The Kier molecular flexibility index (Phi) is 4.98. The minimum absolute atomic E-state index is 0.340. The van der Waals surface area contributed by atoms with Crippen LogP contribution in [0.15, 0.2) is 58.6 Å². The molecule has 0 saturated carbocycles. The second-order valence-corrected chi connectivity index (χ2v) is 10.9. The van der Waals surface area contributed by atoms with Crippen LogP contribution in [0.5, 0.6) is 0 Å². The number of piperidine rings is 1. The SMILES string of the molecule is CS(=O)(=O)c1ccc2c(c1)CCN2c1ncnc2c(C3CCN(c4ncccn4)CC3)coc12. The van der Waals surface area contributed by atoms with Gasteiger partial charge in [0.2, 0.25) is 5.95 Å². The second-order valence-electron chi connectivity index (χ2n) is 8.84. The van der Waals surface area contributed by atoms with Gasteiger partial charge in [-0.05, 0) is 55.0 Å². The fourth-order valence-corrected chi connectivity index (χ4v) is 5.68. The predicted octanol–water partition coefficient (Wildman–Crippen LogP) is 3.49. The van der Waals surface area contributed by atoms with E-state index >= 15 is 0 Å². The van der Waals surface area contributed by atoms with E-state index in [2.05, 4.69) is 29.7 Å². The van der Waals surface area contributed by atoms with Crippen molar-refractivity contribution in [3.63, 3.8) is 0 Å². The summed E-state index contributed by atoms with van der Waals surface area (Å²) in [7, 11) is -3.25. The van der Waals surface area contributed by atoms with Crippen LogP contribution in [0.25, 0.3) is 11.1 Å². The molecule has 0 aliphatic carbocycles. The van der Waals surface area contributed by atoms with Crippen molar-refractivity contribution in [2.24, 2.45) is 0 Å². The van der Waals surface area contributed by atoms with Crippen LogP contribution in [0.2, 0.25) is 0 Å². The van der Waals surface area contributed by atoms with Gasteiger partial charge in [-0.25, -0.2) is 28.4 Å². The van der Waals surface area contributed by atoms with Crippen LogP contribution < -0.4 is 9.80 Å². The average Bonchev–Trinajstić information content (AvgIpc) is 3.48. The molecule has 0 radical (unpaired) electrons. The van der Waals surface area contributed by atoms with E-state index in [1.165, 1.54) is 6.26 Å². The van der Waals surface area contributed by atoms with Crippen molar-refractivity contribution in [2.75, 3.05) is 35.7 Å². The molecule has 4 aromatic rings. The number of hydrogen-bond donors (Lipinski definition) is 0. The zero-order valence-corrected chi connectivity index (χ0v) is 19.6.